The predicted molar refractivity (Wildman–Crippen MR) is 116 cm³/mol. The minimum absolute atomic E-state index is 0.0304. The minimum Gasteiger partial charge on any atom is -0.488 e. The zero-order valence-corrected chi connectivity index (χ0v) is 17.8. The first kappa shape index (κ1) is 19.6. The van der Waals surface area contributed by atoms with Crippen molar-refractivity contribution in [1.82, 2.24) is 24.1 Å². The van der Waals surface area contributed by atoms with Crippen LogP contribution in [-0.4, -0.2) is 56.7 Å². The largest absolute Gasteiger partial charge is 0.488 e. The van der Waals surface area contributed by atoms with Gasteiger partial charge >= 0.3 is 5.69 Å². The Labute approximate surface area is 179 Å². The Morgan fingerprint density at radius 2 is 2.10 bits per heavy atom. The highest BCUT2D eigenvalue weighted by molar-refractivity contribution is 5.94. The number of pyridine rings is 2. The van der Waals surface area contributed by atoms with Gasteiger partial charge in [0.05, 0.1) is 12.1 Å². The molecule has 3 aromatic rings. The molecule has 31 heavy (non-hydrogen) atoms. The predicted octanol–water partition coefficient (Wildman–Crippen LogP) is 2.22. The summed E-state index contributed by atoms with van der Waals surface area (Å²) in [6.45, 7) is 1.87. The van der Waals surface area contributed by atoms with Crippen LogP contribution in [0.1, 0.15) is 36.0 Å². The lowest BCUT2D eigenvalue weighted by Gasteiger charge is -2.30. The van der Waals surface area contributed by atoms with E-state index in [0.717, 1.165) is 12.2 Å². The van der Waals surface area contributed by atoms with Crippen LogP contribution in [0, 0.1) is 5.92 Å². The number of amides is 1. The van der Waals surface area contributed by atoms with Crippen molar-refractivity contribution >= 4 is 23.1 Å². The lowest BCUT2D eigenvalue weighted by atomic mass is 10.1. The molecule has 0 atom stereocenters. The SMILES string of the molecule is CN(CC1CCCC1)C(=O)c1cnc2c(c1)OCCN2c1ccn2c(=O)n(C)nc2c1. The standard InChI is InChI=1S/C22H26N6O3/c1-25(14-15-5-3-4-6-15)21(29)16-11-18-20(23-13-16)27(9-10-31-18)17-7-8-28-19(12-17)24-26(2)22(28)30/h7-8,11-13,15H,3-6,9-10,14H2,1-2H3. The monoisotopic (exact) mass is 422 g/mol. The van der Waals surface area contributed by atoms with Crippen LogP contribution in [-0.2, 0) is 7.05 Å². The number of anilines is 2. The smallest absolute Gasteiger partial charge is 0.350 e. The van der Waals surface area contributed by atoms with Gasteiger partial charge in [-0.1, -0.05) is 12.8 Å². The third-order valence-electron chi connectivity index (χ3n) is 6.23. The molecule has 4 heterocycles. The van der Waals surface area contributed by atoms with Crippen LogP contribution in [0.5, 0.6) is 5.75 Å². The van der Waals surface area contributed by atoms with Crippen molar-refractivity contribution in [3.05, 3.63) is 46.6 Å². The molecule has 1 fully saturated rings. The fourth-order valence-corrected chi connectivity index (χ4v) is 4.59. The van der Waals surface area contributed by atoms with Gasteiger partial charge in [-0.15, -0.1) is 0 Å². The number of nitrogens with zero attached hydrogens (tertiary/aromatic N) is 6. The minimum atomic E-state index is -0.188. The first-order valence-corrected chi connectivity index (χ1v) is 10.7. The molecular formula is C22H26N6O3. The summed E-state index contributed by atoms with van der Waals surface area (Å²) in [6, 6.07) is 5.50. The highest BCUT2D eigenvalue weighted by atomic mass is 16.5. The van der Waals surface area contributed by atoms with Crippen LogP contribution in [0.25, 0.3) is 5.65 Å². The normalized spacial score (nSPS) is 16.4. The molecule has 1 saturated carbocycles. The van der Waals surface area contributed by atoms with Crippen LogP contribution in [0.4, 0.5) is 11.5 Å². The van der Waals surface area contributed by atoms with E-state index < -0.39 is 0 Å². The van der Waals surface area contributed by atoms with E-state index in [9.17, 15) is 9.59 Å². The summed E-state index contributed by atoms with van der Waals surface area (Å²) in [5, 5.41) is 4.26. The first-order valence-electron chi connectivity index (χ1n) is 10.7. The Hall–Kier alpha value is -3.36. The summed E-state index contributed by atoms with van der Waals surface area (Å²) in [7, 11) is 3.49. The van der Waals surface area contributed by atoms with Gasteiger partial charge < -0.3 is 14.5 Å². The van der Waals surface area contributed by atoms with Crippen molar-refractivity contribution in [1.29, 1.82) is 0 Å². The second-order valence-electron chi connectivity index (χ2n) is 8.40. The summed E-state index contributed by atoms with van der Waals surface area (Å²) in [4.78, 5) is 33.4. The molecule has 5 rings (SSSR count). The van der Waals surface area contributed by atoms with Crippen LogP contribution in [0.2, 0.25) is 0 Å². The van der Waals surface area contributed by atoms with Crippen molar-refractivity contribution in [3.8, 4) is 5.75 Å². The maximum atomic E-state index is 12.9. The van der Waals surface area contributed by atoms with Crippen molar-refractivity contribution in [2.24, 2.45) is 13.0 Å². The second-order valence-corrected chi connectivity index (χ2v) is 8.40. The van der Waals surface area contributed by atoms with Crippen LogP contribution >= 0.6 is 0 Å². The third kappa shape index (κ3) is 3.54. The number of carbonyl (C=O) groups is 1. The first-order chi connectivity index (χ1) is 15.0. The van der Waals surface area contributed by atoms with Gasteiger partial charge in [-0.25, -0.2) is 14.5 Å². The number of hydrogen-bond acceptors (Lipinski definition) is 6. The topological polar surface area (TPSA) is 85.0 Å². The highest BCUT2D eigenvalue weighted by Gasteiger charge is 2.25. The highest BCUT2D eigenvalue weighted by Crippen LogP contribution is 2.35. The molecule has 2 aliphatic rings. The van der Waals surface area contributed by atoms with Gasteiger partial charge in [0.25, 0.3) is 5.91 Å². The quantitative estimate of drug-likeness (QED) is 0.641. The maximum absolute atomic E-state index is 12.9. The van der Waals surface area contributed by atoms with Crippen LogP contribution in [0.3, 0.4) is 0 Å². The molecule has 0 saturated heterocycles. The molecule has 0 N–H and O–H groups in total. The number of fused-ring (bicyclic) bond motifs is 2. The molecule has 0 aromatic carbocycles. The number of carbonyl (C=O) groups excluding carboxylic acids is 1. The number of hydrogen-bond donors (Lipinski definition) is 0. The summed E-state index contributed by atoms with van der Waals surface area (Å²) in [5.41, 5.74) is 1.78. The van der Waals surface area contributed by atoms with E-state index in [1.807, 2.05) is 24.1 Å². The van der Waals surface area contributed by atoms with E-state index in [1.54, 1.807) is 30.4 Å². The Kier molecular flexibility index (Phi) is 4.88. The molecule has 162 valence electrons. The van der Waals surface area contributed by atoms with Gasteiger partial charge in [-0.2, -0.15) is 5.10 Å². The zero-order valence-electron chi connectivity index (χ0n) is 17.8. The van der Waals surface area contributed by atoms with Gasteiger partial charge in [0.2, 0.25) is 0 Å². The number of rotatable bonds is 4. The van der Waals surface area contributed by atoms with E-state index in [0.29, 0.717) is 41.8 Å². The average molecular weight is 422 g/mol. The van der Waals surface area contributed by atoms with E-state index in [4.69, 9.17) is 4.74 Å². The molecule has 1 aliphatic carbocycles. The maximum Gasteiger partial charge on any atom is 0.350 e. The zero-order chi connectivity index (χ0) is 21.5. The van der Waals surface area contributed by atoms with Crippen molar-refractivity contribution in [3.63, 3.8) is 0 Å². The summed E-state index contributed by atoms with van der Waals surface area (Å²) in [6.07, 6.45) is 8.25. The summed E-state index contributed by atoms with van der Waals surface area (Å²) < 4.78 is 8.65. The van der Waals surface area contributed by atoms with Crippen molar-refractivity contribution in [2.75, 3.05) is 31.6 Å². The van der Waals surface area contributed by atoms with Crippen molar-refractivity contribution < 1.29 is 9.53 Å². The Morgan fingerprint density at radius 1 is 1.29 bits per heavy atom. The molecule has 0 spiro atoms. The summed E-state index contributed by atoms with van der Waals surface area (Å²) >= 11 is 0. The Balaban J connectivity index is 1.41. The Morgan fingerprint density at radius 3 is 2.90 bits per heavy atom. The molecule has 9 nitrogen and oxygen atoms in total. The van der Waals surface area contributed by atoms with Gasteiger partial charge in [0.1, 0.15) is 6.61 Å². The van der Waals surface area contributed by atoms with Gasteiger partial charge in [-0.05, 0) is 30.9 Å². The second kappa shape index (κ2) is 7.72. The van der Waals surface area contributed by atoms with Gasteiger partial charge in [0, 0.05) is 44.8 Å². The van der Waals surface area contributed by atoms with Crippen LogP contribution < -0.4 is 15.3 Å². The number of ether oxygens (including phenoxy) is 1. The number of aromatic nitrogens is 4. The molecule has 1 amide bonds. The molecule has 0 unspecified atom stereocenters. The van der Waals surface area contributed by atoms with Crippen molar-refractivity contribution in [2.45, 2.75) is 25.7 Å². The lowest BCUT2D eigenvalue weighted by Crippen LogP contribution is -2.32. The van der Waals surface area contributed by atoms with E-state index in [-0.39, 0.29) is 11.6 Å². The van der Waals surface area contributed by atoms with E-state index in [1.165, 1.54) is 34.8 Å². The van der Waals surface area contributed by atoms with E-state index >= 15 is 0 Å². The van der Waals surface area contributed by atoms with Crippen LogP contribution in [0.15, 0.2) is 35.4 Å². The van der Waals surface area contributed by atoms with Gasteiger partial charge in [0.15, 0.2) is 17.2 Å². The summed E-state index contributed by atoms with van der Waals surface area (Å²) in [5.74, 6) is 1.81. The molecule has 9 heteroatoms. The fourth-order valence-electron chi connectivity index (χ4n) is 4.59. The van der Waals surface area contributed by atoms with Gasteiger partial charge in [-0.3, -0.25) is 9.20 Å². The molecular weight excluding hydrogens is 396 g/mol. The third-order valence-corrected chi connectivity index (χ3v) is 6.23. The fraction of sp³-hybridized carbons (Fsp3) is 0.455. The molecule has 0 bridgehead atoms. The average Bonchev–Trinajstić information content (AvgIpc) is 3.39. The lowest BCUT2D eigenvalue weighted by molar-refractivity contribution is 0.0772. The number of aryl methyl sites for hydroxylation is 1. The molecule has 3 aromatic heterocycles. The molecule has 0 radical (unpaired) electrons. The van der Waals surface area contributed by atoms with E-state index in [2.05, 4.69) is 10.1 Å². The molecule has 1 aliphatic heterocycles. The Bertz CT molecular complexity index is 1190.